The van der Waals surface area contributed by atoms with Crippen molar-refractivity contribution < 1.29 is 24.1 Å². The Morgan fingerprint density at radius 1 is 0.923 bits per heavy atom. The first-order chi connectivity index (χ1) is 12.4. The maximum Gasteiger partial charge on any atom is 0.132 e. The van der Waals surface area contributed by atoms with Crippen LogP contribution in [0.5, 0.6) is 23.0 Å². The summed E-state index contributed by atoms with van der Waals surface area (Å²) in [7, 11) is 5.13. The third-order valence-electron chi connectivity index (χ3n) is 3.69. The van der Waals surface area contributed by atoms with Crippen LogP contribution in [0.3, 0.4) is 0 Å². The Hall–Kier alpha value is -2.23. The number of benzene rings is 2. The van der Waals surface area contributed by atoms with Crippen LogP contribution in [-0.2, 0) is 0 Å². The first-order valence-electron chi connectivity index (χ1n) is 8.23. The minimum atomic E-state index is -0.109. The highest BCUT2D eigenvalue weighted by molar-refractivity contribution is 7.49. The molecule has 0 saturated carbocycles. The maximum atomic E-state index is 12.9. The van der Waals surface area contributed by atoms with Gasteiger partial charge in [0.2, 0.25) is 0 Å². The summed E-state index contributed by atoms with van der Waals surface area (Å²) in [6, 6.07) is 9.09. The molecule has 2 aromatic carbocycles. The van der Waals surface area contributed by atoms with Gasteiger partial charge in [0.1, 0.15) is 23.0 Å². The molecule has 0 amide bonds. The summed E-state index contributed by atoms with van der Waals surface area (Å²) in [4.78, 5) is 0. The first-order valence-corrected chi connectivity index (χ1v) is 9.12. The minimum Gasteiger partial charge on any atom is -0.823 e. The number of hydrogen-bond donors (Lipinski definition) is 0. The quantitative estimate of drug-likeness (QED) is 0.697. The maximum absolute atomic E-state index is 12.9. The van der Waals surface area contributed by atoms with Crippen LogP contribution < -0.4 is 29.4 Å². The SMILES string of the molecule is COc1cc(OC)c(C([O-])=Pc2ccc(OC(C)C)cc2C)c(OC)c1. The highest BCUT2D eigenvalue weighted by Gasteiger charge is 2.13. The fraction of sp³-hybridized carbons (Fsp3) is 0.350. The van der Waals surface area contributed by atoms with Gasteiger partial charge < -0.3 is 24.1 Å². The number of aryl methyl sites for hydroxylation is 1. The number of ether oxygens (including phenoxy) is 4. The van der Waals surface area contributed by atoms with Crippen molar-refractivity contribution in [3.05, 3.63) is 41.5 Å². The monoisotopic (exact) mass is 375 g/mol. The Morgan fingerprint density at radius 3 is 2.00 bits per heavy atom. The van der Waals surface area contributed by atoms with Crippen LogP contribution in [0.4, 0.5) is 0 Å². The van der Waals surface area contributed by atoms with E-state index in [4.69, 9.17) is 18.9 Å². The molecule has 0 radical (unpaired) electrons. The summed E-state index contributed by atoms with van der Waals surface area (Å²) < 4.78 is 21.7. The van der Waals surface area contributed by atoms with Gasteiger partial charge in [0.05, 0.1) is 33.0 Å². The van der Waals surface area contributed by atoms with Crippen molar-refractivity contribution in [3.8, 4) is 23.0 Å². The molecule has 0 aliphatic carbocycles. The van der Waals surface area contributed by atoms with Gasteiger partial charge in [0.25, 0.3) is 0 Å². The van der Waals surface area contributed by atoms with Crippen molar-refractivity contribution in [1.82, 2.24) is 0 Å². The second-order valence-electron chi connectivity index (χ2n) is 5.94. The molecule has 0 aliphatic rings. The molecular weight excluding hydrogens is 351 g/mol. The number of hydrogen-bond acceptors (Lipinski definition) is 5. The smallest absolute Gasteiger partial charge is 0.132 e. The highest BCUT2D eigenvalue weighted by Crippen LogP contribution is 2.35. The molecule has 0 aliphatic heterocycles. The lowest BCUT2D eigenvalue weighted by molar-refractivity contribution is -0.207. The summed E-state index contributed by atoms with van der Waals surface area (Å²) in [6.45, 7) is 5.92. The van der Waals surface area contributed by atoms with Gasteiger partial charge in [-0.1, -0.05) is 13.7 Å². The average Bonchev–Trinajstić information content (AvgIpc) is 2.62. The Bertz CT molecular complexity index is 774. The van der Waals surface area contributed by atoms with Crippen molar-refractivity contribution in [2.45, 2.75) is 26.9 Å². The zero-order valence-corrected chi connectivity index (χ0v) is 16.8. The molecule has 0 fully saturated rings. The van der Waals surface area contributed by atoms with Gasteiger partial charge in [0.15, 0.2) is 0 Å². The largest absolute Gasteiger partial charge is 0.823 e. The Balaban J connectivity index is 2.47. The molecule has 0 saturated heterocycles. The lowest BCUT2D eigenvalue weighted by Crippen LogP contribution is -2.20. The van der Waals surface area contributed by atoms with E-state index in [1.54, 1.807) is 19.2 Å². The predicted octanol–water partition coefficient (Wildman–Crippen LogP) is 2.92. The molecule has 0 N–H and O–H groups in total. The van der Waals surface area contributed by atoms with Crippen molar-refractivity contribution in [3.63, 3.8) is 0 Å². The summed E-state index contributed by atoms with van der Waals surface area (Å²) in [5, 5.41) is 13.9. The van der Waals surface area contributed by atoms with Gasteiger partial charge in [0, 0.05) is 17.4 Å². The van der Waals surface area contributed by atoms with Crippen LogP contribution >= 0.6 is 8.20 Å². The second kappa shape index (κ2) is 8.93. The van der Waals surface area contributed by atoms with Gasteiger partial charge in [-0.05, 0) is 44.5 Å². The van der Waals surface area contributed by atoms with Crippen molar-refractivity contribution >= 4 is 19.0 Å². The van der Waals surface area contributed by atoms with Crippen LogP contribution in [0.25, 0.3) is 0 Å². The summed E-state index contributed by atoms with van der Waals surface area (Å²) in [5.41, 5.74) is 1.28. The Morgan fingerprint density at radius 2 is 1.54 bits per heavy atom. The van der Waals surface area contributed by atoms with Crippen molar-refractivity contribution in [2.24, 2.45) is 0 Å². The lowest BCUT2D eigenvalue weighted by atomic mass is 10.1. The van der Waals surface area contributed by atoms with E-state index in [-0.39, 0.29) is 11.6 Å². The summed E-state index contributed by atoms with van der Waals surface area (Å²) >= 11 is 0. The van der Waals surface area contributed by atoms with Crippen LogP contribution in [0.15, 0.2) is 30.3 Å². The highest BCUT2D eigenvalue weighted by atomic mass is 31.1. The van der Waals surface area contributed by atoms with Crippen LogP contribution in [0.2, 0.25) is 0 Å². The van der Waals surface area contributed by atoms with E-state index in [1.165, 1.54) is 14.2 Å². The van der Waals surface area contributed by atoms with E-state index in [1.807, 2.05) is 39.0 Å². The van der Waals surface area contributed by atoms with Crippen LogP contribution in [0, 0.1) is 6.92 Å². The van der Waals surface area contributed by atoms with Gasteiger partial charge >= 0.3 is 0 Å². The third kappa shape index (κ3) is 4.69. The van der Waals surface area contributed by atoms with Crippen LogP contribution in [0.1, 0.15) is 25.0 Å². The van der Waals surface area contributed by atoms with E-state index in [0.29, 0.717) is 31.0 Å². The first kappa shape index (κ1) is 20.1. The van der Waals surface area contributed by atoms with Crippen LogP contribution in [-0.4, -0.2) is 32.9 Å². The molecule has 2 aromatic rings. The van der Waals surface area contributed by atoms with Crippen molar-refractivity contribution in [2.75, 3.05) is 21.3 Å². The fourth-order valence-electron chi connectivity index (χ4n) is 2.48. The van der Waals surface area contributed by atoms with E-state index in [2.05, 4.69) is 0 Å². The molecule has 0 bridgehead atoms. The molecule has 0 spiro atoms. The molecule has 6 heteroatoms. The topological polar surface area (TPSA) is 60.0 Å². The lowest BCUT2D eigenvalue weighted by Gasteiger charge is -2.20. The molecule has 0 atom stereocenters. The molecule has 5 nitrogen and oxygen atoms in total. The van der Waals surface area contributed by atoms with Gasteiger partial charge in [-0.15, -0.1) is 0 Å². The zero-order chi connectivity index (χ0) is 19.3. The molecular formula is C20H24O5P-. The van der Waals surface area contributed by atoms with E-state index < -0.39 is 0 Å². The zero-order valence-electron chi connectivity index (χ0n) is 16.0. The number of rotatable bonds is 7. The fourth-order valence-corrected chi connectivity index (χ4v) is 3.42. The molecule has 0 aromatic heterocycles. The van der Waals surface area contributed by atoms with E-state index in [9.17, 15) is 5.11 Å². The third-order valence-corrected chi connectivity index (χ3v) is 4.86. The molecule has 0 heterocycles. The average molecular weight is 375 g/mol. The van der Waals surface area contributed by atoms with Gasteiger partial charge in [-0.3, -0.25) is 0 Å². The normalized spacial score (nSPS) is 11.5. The predicted molar refractivity (Wildman–Crippen MR) is 104 cm³/mol. The van der Waals surface area contributed by atoms with Crippen molar-refractivity contribution in [1.29, 1.82) is 0 Å². The standard InChI is InChI=1S/C20H25O5P/c1-12(2)25-14-7-8-18(13(3)9-14)26-20(21)19-16(23-5)10-15(22-4)11-17(19)24-6/h7-12,21H,1-6H3/p-1. The minimum absolute atomic E-state index is 0.104. The van der Waals surface area contributed by atoms with Gasteiger partial charge in [-0.25, -0.2) is 0 Å². The molecule has 140 valence electrons. The Labute approximate surface area is 156 Å². The Kier molecular flexibility index (Phi) is 6.90. The molecule has 26 heavy (non-hydrogen) atoms. The molecule has 0 unspecified atom stereocenters. The summed E-state index contributed by atoms with van der Waals surface area (Å²) in [6.07, 6.45) is 0.104. The van der Waals surface area contributed by atoms with Gasteiger partial charge in [-0.2, -0.15) is 0 Å². The second-order valence-corrected chi connectivity index (χ2v) is 7.05. The van der Waals surface area contributed by atoms with E-state index in [0.717, 1.165) is 16.6 Å². The molecule has 2 rings (SSSR count). The summed E-state index contributed by atoms with van der Waals surface area (Å²) in [5.74, 6) is 2.22. The van der Waals surface area contributed by atoms with E-state index >= 15 is 0 Å². The number of methoxy groups -OCH3 is 3.